The number of hydrogen-bond acceptors (Lipinski definition) is 7. The lowest BCUT2D eigenvalue weighted by atomic mass is 10.1. The molecule has 1 amide bonds. The topological polar surface area (TPSA) is 94.0 Å². The monoisotopic (exact) mass is 366 g/mol. The number of benzene rings is 1. The molecule has 2 rings (SSSR count). The van der Waals surface area contributed by atoms with E-state index >= 15 is 0 Å². The number of anilines is 1. The summed E-state index contributed by atoms with van der Waals surface area (Å²) in [5.74, 6) is 1.45. The minimum atomic E-state index is -0.261. The summed E-state index contributed by atoms with van der Waals surface area (Å²) >= 11 is 2.93. The molecule has 0 bridgehead atoms. The van der Waals surface area contributed by atoms with Gasteiger partial charge in [0.15, 0.2) is 0 Å². The molecule has 0 spiro atoms. The maximum atomic E-state index is 12.1. The molecule has 0 unspecified atom stereocenters. The van der Waals surface area contributed by atoms with E-state index in [9.17, 15) is 4.79 Å². The molecule has 0 saturated carbocycles. The number of nitrogens with zero attached hydrogens (tertiary/aromatic N) is 2. The zero-order chi connectivity index (χ0) is 17.5. The van der Waals surface area contributed by atoms with Crippen LogP contribution >= 0.6 is 23.5 Å². The summed E-state index contributed by atoms with van der Waals surface area (Å²) in [4.78, 5) is 12.1. The first-order chi connectivity index (χ1) is 11.5. The maximum absolute atomic E-state index is 12.1. The van der Waals surface area contributed by atoms with E-state index in [0.717, 1.165) is 29.0 Å². The van der Waals surface area contributed by atoms with Gasteiger partial charge in [-0.2, -0.15) is 11.8 Å². The highest BCUT2D eigenvalue weighted by Crippen LogP contribution is 2.22. The molecule has 8 heteroatoms. The smallest absolute Gasteiger partial charge is 0.277 e. The SMILES string of the molecule is CSCC[C@H](N)c1nnc(SCC(=O)Nc2cccc(C)c2C)o1. The second kappa shape index (κ2) is 9.10. The normalized spacial score (nSPS) is 12.2. The molecule has 0 aliphatic rings. The summed E-state index contributed by atoms with van der Waals surface area (Å²) in [7, 11) is 0. The van der Waals surface area contributed by atoms with Crippen molar-refractivity contribution in [3.8, 4) is 0 Å². The van der Waals surface area contributed by atoms with Gasteiger partial charge in [-0.05, 0) is 49.5 Å². The van der Waals surface area contributed by atoms with E-state index in [1.807, 2.05) is 38.3 Å². The van der Waals surface area contributed by atoms with Gasteiger partial charge < -0.3 is 15.5 Å². The molecule has 1 aromatic carbocycles. The van der Waals surface area contributed by atoms with E-state index in [1.54, 1.807) is 11.8 Å². The average Bonchev–Trinajstić information content (AvgIpc) is 3.04. The molecule has 6 nitrogen and oxygen atoms in total. The fraction of sp³-hybridized carbons (Fsp3) is 0.438. The van der Waals surface area contributed by atoms with Gasteiger partial charge in [-0.15, -0.1) is 10.2 Å². The van der Waals surface area contributed by atoms with Crippen LogP contribution in [0.3, 0.4) is 0 Å². The molecule has 1 atom stereocenters. The van der Waals surface area contributed by atoms with Gasteiger partial charge in [0.25, 0.3) is 5.22 Å². The van der Waals surface area contributed by atoms with Crippen molar-refractivity contribution in [1.29, 1.82) is 0 Å². The summed E-state index contributed by atoms with van der Waals surface area (Å²) in [6.45, 7) is 4.00. The third kappa shape index (κ3) is 5.25. The molecule has 3 N–H and O–H groups in total. The van der Waals surface area contributed by atoms with Crippen LogP contribution in [0.2, 0.25) is 0 Å². The van der Waals surface area contributed by atoms with Gasteiger partial charge in [0.2, 0.25) is 11.8 Å². The lowest BCUT2D eigenvalue weighted by molar-refractivity contribution is -0.113. The minimum Gasteiger partial charge on any atom is -0.414 e. The van der Waals surface area contributed by atoms with Crippen LogP contribution in [0.15, 0.2) is 27.8 Å². The predicted molar refractivity (Wildman–Crippen MR) is 99.5 cm³/mol. The Balaban J connectivity index is 1.86. The van der Waals surface area contributed by atoms with Gasteiger partial charge in [0.1, 0.15) is 0 Å². The number of aromatic nitrogens is 2. The Morgan fingerprint density at radius 3 is 2.92 bits per heavy atom. The van der Waals surface area contributed by atoms with E-state index in [4.69, 9.17) is 10.2 Å². The van der Waals surface area contributed by atoms with E-state index in [2.05, 4.69) is 15.5 Å². The van der Waals surface area contributed by atoms with Crippen LogP contribution in [0.5, 0.6) is 0 Å². The third-order valence-corrected chi connectivity index (χ3v) is 5.04. The fourth-order valence-electron chi connectivity index (χ4n) is 2.00. The van der Waals surface area contributed by atoms with Crippen molar-refractivity contribution in [2.24, 2.45) is 5.73 Å². The Morgan fingerprint density at radius 1 is 1.38 bits per heavy atom. The van der Waals surface area contributed by atoms with Crippen molar-refractivity contribution in [3.63, 3.8) is 0 Å². The average molecular weight is 367 g/mol. The molecule has 0 aliphatic carbocycles. The quantitative estimate of drug-likeness (QED) is 0.693. The Labute approximate surface area is 150 Å². The van der Waals surface area contributed by atoms with Crippen LogP contribution in [0.4, 0.5) is 5.69 Å². The number of amides is 1. The highest BCUT2D eigenvalue weighted by Gasteiger charge is 2.15. The summed E-state index contributed by atoms with van der Waals surface area (Å²) < 4.78 is 5.51. The van der Waals surface area contributed by atoms with Crippen molar-refractivity contribution in [3.05, 3.63) is 35.2 Å². The van der Waals surface area contributed by atoms with Gasteiger partial charge in [0, 0.05) is 5.69 Å². The fourth-order valence-corrected chi connectivity index (χ4v) is 3.06. The largest absolute Gasteiger partial charge is 0.414 e. The van der Waals surface area contributed by atoms with Crippen molar-refractivity contribution in [2.45, 2.75) is 31.5 Å². The van der Waals surface area contributed by atoms with Crippen LogP contribution in [-0.2, 0) is 4.79 Å². The first kappa shape index (κ1) is 18.8. The summed E-state index contributed by atoms with van der Waals surface area (Å²) in [5, 5.41) is 11.2. The standard InChI is InChI=1S/C16H22N4O2S2/c1-10-5-4-6-13(11(10)2)18-14(21)9-24-16-20-19-15(22-16)12(17)7-8-23-3/h4-6,12H,7-9,17H2,1-3H3,(H,18,21)/t12-/m0/s1. The van der Waals surface area contributed by atoms with Crippen molar-refractivity contribution >= 4 is 35.1 Å². The molecule has 2 aromatic rings. The Kier molecular flexibility index (Phi) is 7.14. The van der Waals surface area contributed by atoms with Gasteiger partial charge in [-0.3, -0.25) is 4.79 Å². The van der Waals surface area contributed by atoms with Crippen molar-refractivity contribution < 1.29 is 9.21 Å². The molecule has 0 fully saturated rings. The lowest BCUT2D eigenvalue weighted by Gasteiger charge is -2.09. The van der Waals surface area contributed by atoms with E-state index in [-0.39, 0.29) is 17.7 Å². The second-order valence-electron chi connectivity index (χ2n) is 5.38. The Bertz CT molecular complexity index is 690. The van der Waals surface area contributed by atoms with Crippen LogP contribution in [0.1, 0.15) is 29.5 Å². The highest BCUT2D eigenvalue weighted by molar-refractivity contribution is 7.99. The van der Waals surface area contributed by atoms with Crippen LogP contribution in [-0.4, -0.2) is 33.9 Å². The number of nitrogens with two attached hydrogens (primary N) is 1. The van der Waals surface area contributed by atoms with E-state index in [1.165, 1.54) is 11.8 Å². The molecule has 1 heterocycles. The number of thioether (sulfide) groups is 2. The molecule has 0 saturated heterocycles. The number of hydrogen-bond donors (Lipinski definition) is 2. The van der Waals surface area contributed by atoms with E-state index < -0.39 is 0 Å². The molecule has 24 heavy (non-hydrogen) atoms. The lowest BCUT2D eigenvalue weighted by Crippen LogP contribution is -2.15. The Morgan fingerprint density at radius 2 is 2.17 bits per heavy atom. The highest BCUT2D eigenvalue weighted by atomic mass is 32.2. The summed E-state index contributed by atoms with van der Waals surface area (Å²) in [6, 6.07) is 5.56. The van der Waals surface area contributed by atoms with E-state index in [0.29, 0.717) is 11.1 Å². The summed E-state index contributed by atoms with van der Waals surface area (Å²) in [6.07, 6.45) is 2.80. The van der Waals surface area contributed by atoms with Crippen LogP contribution < -0.4 is 11.1 Å². The predicted octanol–water partition coefficient (Wildman–Crippen LogP) is 3.17. The number of nitrogens with one attached hydrogen (secondary N) is 1. The van der Waals surface area contributed by atoms with Gasteiger partial charge in [-0.1, -0.05) is 23.9 Å². The molecular formula is C16H22N4O2S2. The van der Waals surface area contributed by atoms with Gasteiger partial charge in [0.05, 0.1) is 11.8 Å². The first-order valence-corrected chi connectivity index (χ1v) is 9.96. The second-order valence-corrected chi connectivity index (χ2v) is 7.29. The zero-order valence-corrected chi connectivity index (χ0v) is 15.7. The number of rotatable bonds is 8. The first-order valence-electron chi connectivity index (χ1n) is 7.58. The van der Waals surface area contributed by atoms with Gasteiger partial charge in [-0.25, -0.2) is 0 Å². The Hall–Kier alpha value is -1.51. The third-order valence-electron chi connectivity index (χ3n) is 3.58. The zero-order valence-electron chi connectivity index (χ0n) is 14.0. The number of carbonyl (C=O) groups is 1. The summed E-state index contributed by atoms with van der Waals surface area (Å²) in [5.41, 5.74) is 9.02. The van der Waals surface area contributed by atoms with Crippen molar-refractivity contribution in [2.75, 3.05) is 23.1 Å². The number of carbonyl (C=O) groups excluding carboxylic acids is 1. The van der Waals surface area contributed by atoms with Gasteiger partial charge >= 0.3 is 0 Å². The molecule has 0 radical (unpaired) electrons. The van der Waals surface area contributed by atoms with Crippen LogP contribution in [0.25, 0.3) is 0 Å². The van der Waals surface area contributed by atoms with Crippen LogP contribution in [0, 0.1) is 13.8 Å². The maximum Gasteiger partial charge on any atom is 0.277 e. The molecular weight excluding hydrogens is 344 g/mol. The molecule has 130 valence electrons. The number of aryl methyl sites for hydroxylation is 1. The molecule has 0 aliphatic heterocycles. The van der Waals surface area contributed by atoms with Crippen molar-refractivity contribution in [1.82, 2.24) is 10.2 Å². The minimum absolute atomic E-state index is 0.111. The molecule has 1 aromatic heterocycles.